The topological polar surface area (TPSA) is 88.9 Å². The zero-order valence-electron chi connectivity index (χ0n) is 15.0. The van der Waals surface area contributed by atoms with E-state index in [1.807, 2.05) is 37.3 Å². The number of hydrogen-bond acceptors (Lipinski definition) is 5. The SMILES string of the molecule is COc1ccc(-n2nc(C)cc2NC(=O)N2CCOC[C@H](CO)C2)cc1. The lowest BCUT2D eigenvalue weighted by Gasteiger charge is -2.23. The van der Waals surface area contributed by atoms with Crippen molar-refractivity contribution >= 4 is 11.8 Å². The van der Waals surface area contributed by atoms with Gasteiger partial charge in [0.1, 0.15) is 11.6 Å². The van der Waals surface area contributed by atoms with E-state index < -0.39 is 0 Å². The first kappa shape index (κ1) is 18.2. The Morgan fingerprint density at radius 3 is 2.88 bits per heavy atom. The van der Waals surface area contributed by atoms with Crippen LogP contribution in [0.2, 0.25) is 0 Å². The fraction of sp³-hybridized carbons (Fsp3) is 0.444. The fourth-order valence-electron chi connectivity index (χ4n) is 2.87. The first-order valence-electron chi connectivity index (χ1n) is 8.56. The molecular formula is C18H24N4O4. The molecule has 0 unspecified atom stereocenters. The van der Waals surface area contributed by atoms with Crippen LogP contribution in [0.15, 0.2) is 30.3 Å². The van der Waals surface area contributed by atoms with Crippen molar-refractivity contribution in [3.8, 4) is 11.4 Å². The number of aliphatic hydroxyl groups excluding tert-OH is 1. The predicted octanol–water partition coefficient (Wildman–Crippen LogP) is 1.66. The van der Waals surface area contributed by atoms with Crippen molar-refractivity contribution in [1.82, 2.24) is 14.7 Å². The lowest BCUT2D eigenvalue weighted by Crippen LogP contribution is -2.40. The molecule has 1 atom stereocenters. The van der Waals surface area contributed by atoms with Crippen molar-refractivity contribution in [3.05, 3.63) is 36.0 Å². The Kier molecular flexibility index (Phi) is 5.75. The van der Waals surface area contributed by atoms with E-state index in [1.165, 1.54) is 0 Å². The highest BCUT2D eigenvalue weighted by Crippen LogP contribution is 2.20. The van der Waals surface area contributed by atoms with E-state index in [0.29, 0.717) is 32.1 Å². The zero-order valence-corrected chi connectivity index (χ0v) is 15.0. The third kappa shape index (κ3) is 4.14. The molecule has 0 radical (unpaired) electrons. The number of urea groups is 1. The highest BCUT2D eigenvalue weighted by molar-refractivity contribution is 5.88. The number of benzene rings is 1. The zero-order chi connectivity index (χ0) is 18.5. The summed E-state index contributed by atoms with van der Waals surface area (Å²) in [6.07, 6.45) is 0. The molecule has 0 spiro atoms. The number of methoxy groups -OCH3 is 1. The number of rotatable bonds is 4. The quantitative estimate of drug-likeness (QED) is 0.866. The summed E-state index contributed by atoms with van der Waals surface area (Å²) in [4.78, 5) is 14.4. The second kappa shape index (κ2) is 8.20. The van der Waals surface area contributed by atoms with Crippen LogP contribution >= 0.6 is 0 Å². The average Bonchev–Trinajstić information content (AvgIpc) is 2.87. The van der Waals surface area contributed by atoms with Crippen LogP contribution in [0.5, 0.6) is 5.75 Å². The van der Waals surface area contributed by atoms with Gasteiger partial charge in [-0.05, 0) is 31.2 Å². The van der Waals surface area contributed by atoms with Gasteiger partial charge in [0, 0.05) is 31.7 Å². The van der Waals surface area contributed by atoms with Gasteiger partial charge in [0.2, 0.25) is 0 Å². The average molecular weight is 360 g/mol. The molecular weight excluding hydrogens is 336 g/mol. The number of carbonyl (C=O) groups excluding carboxylic acids is 1. The van der Waals surface area contributed by atoms with Crippen molar-refractivity contribution in [3.63, 3.8) is 0 Å². The van der Waals surface area contributed by atoms with Crippen molar-refractivity contribution in [2.45, 2.75) is 6.92 Å². The molecule has 0 bridgehead atoms. The van der Waals surface area contributed by atoms with Gasteiger partial charge in [0.25, 0.3) is 0 Å². The number of amides is 2. The minimum atomic E-state index is -0.233. The molecule has 8 heteroatoms. The van der Waals surface area contributed by atoms with Crippen molar-refractivity contribution < 1.29 is 19.4 Å². The molecule has 0 aliphatic carbocycles. The monoisotopic (exact) mass is 360 g/mol. The van der Waals surface area contributed by atoms with Crippen LogP contribution in [0.1, 0.15) is 5.69 Å². The lowest BCUT2D eigenvalue weighted by atomic mass is 10.2. The highest BCUT2D eigenvalue weighted by atomic mass is 16.5. The van der Waals surface area contributed by atoms with Crippen LogP contribution in [0.3, 0.4) is 0 Å². The van der Waals surface area contributed by atoms with E-state index in [9.17, 15) is 9.90 Å². The predicted molar refractivity (Wildman–Crippen MR) is 96.8 cm³/mol. The summed E-state index contributed by atoms with van der Waals surface area (Å²) in [5.41, 5.74) is 1.62. The van der Waals surface area contributed by atoms with Crippen LogP contribution < -0.4 is 10.1 Å². The molecule has 1 aliphatic heterocycles. The molecule has 1 saturated heterocycles. The van der Waals surface area contributed by atoms with Gasteiger partial charge in [0.15, 0.2) is 0 Å². The lowest BCUT2D eigenvalue weighted by molar-refractivity contribution is 0.0958. The molecule has 1 aromatic heterocycles. The molecule has 2 N–H and O–H groups in total. The van der Waals surface area contributed by atoms with Gasteiger partial charge in [-0.25, -0.2) is 9.48 Å². The number of nitrogens with one attached hydrogen (secondary N) is 1. The second-order valence-corrected chi connectivity index (χ2v) is 6.28. The summed E-state index contributed by atoms with van der Waals surface area (Å²) in [5.74, 6) is 1.27. The largest absolute Gasteiger partial charge is 0.497 e. The van der Waals surface area contributed by atoms with Crippen LogP contribution in [-0.2, 0) is 4.74 Å². The van der Waals surface area contributed by atoms with Gasteiger partial charge in [-0.1, -0.05) is 0 Å². The molecule has 1 fully saturated rings. The number of nitrogens with zero attached hydrogens (tertiary/aromatic N) is 3. The summed E-state index contributed by atoms with van der Waals surface area (Å²) in [6.45, 7) is 3.73. The van der Waals surface area contributed by atoms with E-state index in [2.05, 4.69) is 10.4 Å². The molecule has 8 nitrogen and oxygen atoms in total. The summed E-state index contributed by atoms with van der Waals surface area (Å²) in [7, 11) is 1.61. The van der Waals surface area contributed by atoms with Gasteiger partial charge in [-0.2, -0.15) is 5.10 Å². The Bertz CT molecular complexity index is 744. The summed E-state index contributed by atoms with van der Waals surface area (Å²) >= 11 is 0. The van der Waals surface area contributed by atoms with Gasteiger partial charge >= 0.3 is 6.03 Å². The van der Waals surface area contributed by atoms with E-state index in [4.69, 9.17) is 9.47 Å². The molecule has 140 valence electrons. The maximum atomic E-state index is 12.7. The molecule has 3 rings (SSSR count). The van der Waals surface area contributed by atoms with E-state index in [-0.39, 0.29) is 18.6 Å². The van der Waals surface area contributed by atoms with Gasteiger partial charge in [-0.15, -0.1) is 0 Å². The Labute approximate surface area is 152 Å². The van der Waals surface area contributed by atoms with Crippen LogP contribution in [0.25, 0.3) is 5.69 Å². The number of hydrogen-bond donors (Lipinski definition) is 2. The molecule has 2 amide bonds. The summed E-state index contributed by atoms with van der Waals surface area (Å²) in [6, 6.07) is 9.03. The van der Waals surface area contributed by atoms with Crippen molar-refractivity contribution in [1.29, 1.82) is 0 Å². The summed E-state index contributed by atoms with van der Waals surface area (Å²) in [5, 5.41) is 16.8. The maximum absolute atomic E-state index is 12.7. The third-order valence-electron chi connectivity index (χ3n) is 4.27. The van der Waals surface area contributed by atoms with Crippen LogP contribution in [0, 0.1) is 12.8 Å². The molecule has 2 heterocycles. The van der Waals surface area contributed by atoms with Crippen molar-refractivity contribution in [2.75, 3.05) is 45.3 Å². The van der Waals surface area contributed by atoms with Gasteiger partial charge in [-0.3, -0.25) is 5.32 Å². The number of aryl methyl sites for hydroxylation is 1. The minimum absolute atomic E-state index is 0.00727. The number of aromatic nitrogens is 2. The Hall–Kier alpha value is -2.58. The smallest absolute Gasteiger partial charge is 0.323 e. The minimum Gasteiger partial charge on any atom is -0.497 e. The van der Waals surface area contributed by atoms with E-state index >= 15 is 0 Å². The number of ether oxygens (including phenoxy) is 2. The first-order chi connectivity index (χ1) is 12.6. The van der Waals surface area contributed by atoms with E-state index in [0.717, 1.165) is 17.1 Å². The normalized spacial score (nSPS) is 17.7. The Morgan fingerprint density at radius 1 is 1.42 bits per heavy atom. The fourth-order valence-corrected chi connectivity index (χ4v) is 2.87. The van der Waals surface area contributed by atoms with E-state index in [1.54, 1.807) is 16.7 Å². The molecule has 0 saturated carbocycles. The van der Waals surface area contributed by atoms with Gasteiger partial charge in [0.05, 0.1) is 31.7 Å². The molecule has 1 aliphatic rings. The van der Waals surface area contributed by atoms with Crippen LogP contribution in [-0.4, -0.2) is 65.8 Å². The number of carbonyl (C=O) groups is 1. The maximum Gasteiger partial charge on any atom is 0.323 e. The number of anilines is 1. The van der Waals surface area contributed by atoms with Gasteiger partial charge < -0.3 is 19.5 Å². The molecule has 2 aromatic rings. The highest BCUT2D eigenvalue weighted by Gasteiger charge is 2.23. The number of aliphatic hydroxyl groups is 1. The Morgan fingerprint density at radius 2 is 2.19 bits per heavy atom. The molecule has 26 heavy (non-hydrogen) atoms. The van der Waals surface area contributed by atoms with Crippen LogP contribution in [0.4, 0.5) is 10.6 Å². The summed E-state index contributed by atoms with van der Waals surface area (Å²) < 4.78 is 12.3. The second-order valence-electron chi connectivity index (χ2n) is 6.28. The molecule has 1 aromatic carbocycles. The standard InChI is InChI=1S/C18H24N4O4/c1-13-9-17(22(20-13)15-3-5-16(25-2)6-4-15)19-18(24)21-7-8-26-12-14(10-21)11-23/h3-6,9,14,23H,7-8,10-12H2,1-2H3,(H,19,24)/t14-/m0/s1. The third-order valence-corrected chi connectivity index (χ3v) is 4.27. The first-order valence-corrected chi connectivity index (χ1v) is 8.56. The van der Waals surface area contributed by atoms with Crippen molar-refractivity contribution in [2.24, 2.45) is 5.92 Å². The Balaban J connectivity index is 1.77.